The van der Waals surface area contributed by atoms with Crippen molar-refractivity contribution < 1.29 is 0 Å². The lowest BCUT2D eigenvalue weighted by atomic mass is 9.92. The maximum absolute atomic E-state index is 8.84. The van der Waals surface area contributed by atoms with E-state index in [2.05, 4.69) is 39.6 Å². The van der Waals surface area contributed by atoms with E-state index in [1.54, 1.807) is 0 Å². The van der Waals surface area contributed by atoms with Gasteiger partial charge in [-0.05, 0) is 72.9 Å². The van der Waals surface area contributed by atoms with Crippen molar-refractivity contribution >= 4 is 21.6 Å². The molecule has 1 aromatic rings. The standard InChI is InChI=1S/C14H18BrN3/c1-10(12-3-2-6-17-9-12)18-14-5-4-11(8-16)7-13(14)15/h4-5,7,10,12,17-18H,2-3,6,9H2,1H3. The molecule has 2 N–H and O–H groups in total. The molecule has 0 spiro atoms. The minimum atomic E-state index is 0.432. The molecule has 0 aliphatic carbocycles. The predicted molar refractivity (Wildman–Crippen MR) is 77.5 cm³/mol. The molecule has 1 aliphatic rings. The number of halogens is 1. The molecule has 1 heterocycles. The van der Waals surface area contributed by atoms with E-state index in [4.69, 9.17) is 5.26 Å². The minimum absolute atomic E-state index is 0.432. The Hall–Kier alpha value is -1.05. The summed E-state index contributed by atoms with van der Waals surface area (Å²) in [5.74, 6) is 0.668. The van der Waals surface area contributed by atoms with Crippen LogP contribution in [0, 0.1) is 17.2 Å². The molecular weight excluding hydrogens is 290 g/mol. The zero-order chi connectivity index (χ0) is 13.0. The third-order valence-corrected chi connectivity index (χ3v) is 4.18. The summed E-state index contributed by atoms with van der Waals surface area (Å²) in [6.45, 7) is 4.45. The van der Waals surface area contributed by atoms with Crippen LogP contribution in [0.15, 0.2) is 22.7 Å². The summed E-state index contributed by atoms with van der Waals surface area (Å²) >= 11 is 3.51. The first-order valence-electron chi connectivity index (χ1n) is 6.37. The van der Waals surface area contributed by atoms with Crippen molar-refractivity contribution in [2.24, 2.45) is 5.92 Å². The molecule has 0 radical (unpaired) electrons. The molecule has 1 saturated heterocycles. The van der Waals surface area contributed by atoms with Crippen LogP contribution in [0.2, 0.25) is 0 Å². The lowest BCUT2D eigenvalue weighted by Gasteiger charge is -2.29. The fourth-order valence-corrected chi connectivity index (χ4v) is 2.86. The summed E-state index contributed by atoms with van der Waals surface area (Å²) in [6.07, 6.45) is 2.53. The van der Waals surface area contributed by atoms with Gasteiger partial charge in [-0.3, -0.25) is 0 Å². The number of nitrogens with zero attached hydrogens (tertiary/aromatic N) is 1. The second-order valence-electron chi connectivity index (χ2n) is 4.85. The Morgan fingerprint density at radius 1 is 1.56 bits per heavy atom. The van der Waals surface area contributed by atoms with Crippen LogP contribution in [0.3, 0.4) is 0 Å². The molecule has 96 valence electrons. The lowest BCUT2D eigenvalue weighted by molar-refractivity contribution is 0.347. The Labute approximate surface area is 117 Å². The summed E-state index contributed by atoms with van der Waals surface area (Å²) in [5, 5.41) is 15.8. The quantitative estimate of drug-likeness (QED) is 0.902. The van der Waals surface area contributed by atoms with Gasteiger partial charge in [-0.15, -0.1) is 0 Å². The van der Waals surface area contributed by atoms with E-state index in [1.165, 1.54) is 12.8 Å². The Bertz CT molecular complexity index is 447. The van der Waals surface area contributed by atoms with E-state index in [-0.39, 0.29) is 0 Å². The van der Waals surface area contributed by atoms with Crippen molar-refractivity contribution in [1.29, 1.82) is 5.26 Å². The van der Waals surface area contributed by atoms with Gasteiger partial charge in [0.05, 0.1) is 11.6 Å². The first-order chi connectivity index (χ1) is 8.70. The second kappa shape index (κ2) is 6.21. The highest BCUT2D eigenvalue weighted by molar-refractivity contribution is 9.10. The number of nitriles is 1. The molecule has 1 aromatic carbocycles. The molecule has 0 saturated carbocycles. The number of hydrogen-bond donors (Lipinski definition) is 2. The number of piperidine rings is 1. The molecule has 1 fully saturated rings. The molecule has 2 atom stereocenters. The van der Waals surface area contributed by atoms with Gasteiger partial charge >= 0.3 is 0 Å². The van der Waals surface area contributed by atoms with E-state index < -0.39 is 0 Å². The average molecular weight is 308 g/mol. The maximum Gasteiger partial charge on any atom is 0.0992 e. The molecule has 0 bridgehead atoms. The van der Waals surface area contributed by atoms with Crippen LogP contribution in [0.5, 0.6) is 0 Å². The number of hydrogen-bond acceptors (Lipinski definition) is 3. The van der Waals surface area contributed by atoms with Crippen molar-refractivity contribution in [2.75, 3.05) is 18.4 Å². The van der Waals surface area contributed by atoms with Crippen molar-refractivity contribution in [3.63, 3.8) is 0 Å². The van der Waals surface area contributed by atoms with Crippen LogP contribution in [0.1, 0.15) is 25.3 Å². The van der Waals surface area contributed by atoms with Gasteiger partial charge in [0.15, 0.2) is 0 Å². The van der Waals surface area contributed by atoms with E-state index >= 15 is 0 Å². The Balaban J connectivity index is 2.02. The third kappa shape index (κ3) is 3.24. The number of nitrogens with one attached hydrogen (secondary N) is 2. The van der Waals surface area contributed by atoms with E-state index in [0.717, 1.165) is 23.2 Å². The van der Waals surface area contributed by atoms with Crippen LogP contribution in [0.25, 0.3) is 0 Å². The van der Waals surface area contributed by atoms with Crippen LogP contribution >= 0.6 is 15.9 Å². The maximum atomic E-state index is 8.84. The molecule has 1 aliphatic heterocycles. The Kier molecular flexibility index (Phi) is 4.62. The van der Waals surface area contributed by atoms with Crippen molar-refractivity contribution in [2.45, 2.75) is 25.8 Å². The van der Waals surface area contributed by atoms with Crippen LogP contribution in [-0.2, 0) is 0 Å². The van der Waals surface area contributed by atoms with Crippen LogP contribution < -0.4 is 10.6 Å². The summed E-state index contributed by atoms with van der Waals surface area (Å²) in [6, 6.07) is 8.25. The molecule has 0 aromatic heterocycles. The minimum Gasteiger partial charge on any atom is -0.381 e. The fourth-order valence-electron chi connectivity index (χ4n) is 2.37. The second-order valence-corrected chi connectivity index (χ2v) is 5.70. The highest BCUT2D eigenvalue weighted by atomic mass is 79.9. The smallest absolute Gasteiger partial charge is 0.0992 e. The van der Waals surface area contributed by atoms with E-state index in [0.29, 0.717) is 17.5 Å². The van der Waals surface area contributed by atoms with Crippen molar-refractivity contribution in [3.8, 4) is 6.07 Å². The van der Waals surface area contributed by atoms with Gasteiger partial charge in [0.25, 0.3) is 0 Å². The first kappa shape index (κ1) is 13.4. The molecule has 3 nitrogen and oxygen atoms in total. The van der Waals surface area contributed by atoms with Crippen molar-refractivity contribution in [3.05, 3.63) is 28.2 Å². The highest BCUT2D eigenvalue weighted by Gasteiger charge is 2.20. The molecule has 2 unspecified atom stereocenters. The lowest BCUT2D eigenvalue weighted by Crippen LogP contribution is -2.38. The van der Waals surface area contributed by atoms with Gasteiger partial charge in [0, 0.05) is 16.2 Å². The zero-order valence-corrected chi connectivity index (χ0v) is 12.1. The molecular formula is C14H18BrN3. The van der Waals surface area contributed by atoms with Gasteiger partial charge in [-0.25, -0.2) is 0 Å². The van der Waals surface area contributed by atoms with Gasteiger partial charge in [-0.1, -0.05) is 0 Å². The van der Waals surface area contributed by atoms with E-state index in [1.807, 2.05) is 18.2 Å². The van der Waals surface area contributed by atoms with Crippen LogP contribution in [0.4, 0.5) is 5.69 Å². The molecule has 18 heavy (non-hydrogen) atoms. The topological polar surface area (TPSA) is 47.9 Å². The number of anilines is 1. The number of benzene rings is 1. The van der Waals surface area contributed by atoms with Gasteiger partial charge in [0.2, 0.25) is 0 Å². The number of rotatable bonds is 3. The third-order valence-electron chi connectivity index (χ3n) is 3.52. The first-order valence-corrected chi connectivity index (χ1v) is 7.17. The molecule has 4 heteroatoms. The Morgan fingerprint density at radius 3 is 3.00 bits per heavy atom. The molecule has 0 amide bonds. The monoisotopic (exact) mass is 307 g/mol. The summed E-state index contributed by atoms with van der Waals surface area (Å²) < 4.78 is 0.956. The predicted octanol–water partition coefficient (Wildman–Crippen LogP) is 3.12. The van der Waals surface area contributed by atoms with Crippen LogP contribution in [-0.4, -0.2) is 19.1 Å². The van der Waals surface area contributed by atoms with E-state index in [9.17, 15) is 0 Å². The summed E-state index contributed by atoms with van der Waals surface area (Å²) in [5.41, 5.74) is 1.74. The normalized spacial score (nSPS) is 21.1. The Morgan fingerprint density at radius 2 is 2.39 bits per heavy atom. The highest BCUT2D eigenvalue weighted by Crippen LogP contribution is 2.26. The SMILES string of the molecule is CC(Nc1ccc(C#N)cc1Br)C1CCCNC1. The molecule has 2 rings (SSSR count). The largest absolute Gasteiger partial charge is 0.381 e. The van der Waals surface area contributed by atoms with Crippen molar-refractivity contribution in [1.82, 2.24) is 5.32 Å². The van der Waals surface area contributed by atoms with Gasteiger partial charge in [-0.2, -0.15) is 5.26 Å². The van der Waals surface area contributed by atoms with Gasteiger partial charge < -0.3 is 10.6 Å². The summed E-state index contributed by atoms with van der Waals surface area (Å²) in [7, 11) is 0. The average Bonchev–Trinajstić information content (AvgIpc) is 2.42. The van der Waals surface area contributed by atoms with Gasteiger partial charge in [0.1, 0.15) is 0 Å². The summed E-state index contributed by atoms with van der Waals surface area (Å²) in [4.78, 5) is 0. The fraction of sp³-hybridized carbons (Fsp3) is 0.500. The zero-order valence-electron chi connectivity index (χ0n) is 10.5.